The SMILES string of the molecule is CCC(N)C(=O)NNc1ncccn1. The minimum absolute atomic E-state index is 0.278. The summed E-state index contributed by atoms with van der Waals surface area (Å²) in [4.78, 5) is 18.9. The van der Waals surface area contributed by atoms with Crippen molar-refractivity contribution in [3.8, 4) is 0 Å². The molecule has 0 aliphatic heterocycles. The van der Waals surface area contributed by atoms with Gasteiger partial charge in [-0.1, -0.05) is 6.92 Å². The van der Waals surface area contributed by atoms with E-state index in [1.54, 1.807) is 18.5 Å². The molecule has 6 heteroatoms. The lowest BCUT2D eigenvalue weighted by molar-refractivity contribution is -0.121. The van der Waals surface area contributed by atoms with Gasteiger partial charge in [-0.25, -0.2) is 9.97 Å². The largest absolute Gasteiger partial charge is 0.320 e. The Balaban J connectivity index is 2.38. The second-order valence-corrected chi connectivity index (χ2v) is 2.70. The van der Waals surface area contributed by atoms with Crippen LogP contribution in [0.4, 0.5) is 5.95 Å². The summed E-state index contributed by atoms with van der Waals surface area (Å²) in [6, 6.07) is 1.18. The molecule has 0 saturated heterocycles. The smallest absolute Gasteiger partial charge is 0.255 e. The van der Waals surface area contributed by atoms with Crippen LogP contribution in [0.3, 0.4) is 0 Å². The predicted octanol–water partition coefficient (Wildman–Crippen LogP) is -0.343. The van der Waals surface area contributed by atoms with Crippen LogP contribution in [0.1, 0.15) is 13.3 Å². The van der Waals surface area contributed by atoms with Crippen LogP contribution in [-0.2, 0) is 4.79 Å². The van der Waals surface area contributed by atoms with Gasteiger partial charge >= 0.3 is 0 Å². The van der Waals surface area contributed by atoms with Crippen molar-refractivity contribution in [3.63, 3.8) is 0 Å². The highest BCUT2D eigenvalue weighted by Gasteiger charge is 2.09. The molecule has 0 spiro atoms. The Morgan fingerprint density at radius 3 is 2.79 bits per heavy atom. The highest BCUT2D eigenvalue weighted by atomic mass is 16.2. The van der Waals surface area contributed by atoms with Crippen molar-refractivity contribution >= 4 is 11.9 Å². The Kier molecular flexibility index (Phi) is 3.81. The fourth-order valence-corrected chi connectivity index (χ4v) is 0.759. The highest BCUT2D eigenvalue weighted by Crippen LogP contribution is 1.91. The van der Waals surface area contributed by atoms with E-state index in [4.69, 9.17) is 5.73 Å². The van der Waals surface area contributed by atoms with E-state index in [9.17, 15) is 4.79 Å². The van der Waals surface area contributed by atoms with Crippen LogP contribution in [0.15, 0.2) is 18.5 Å². The lowest BCUT2D eigenvalue weighted by Crippen LogP contribution is -2.43. The molecule has 0 aliphatic rings. The summed E-state index contributed by atoms with van der Waals surface area (Å²) in [5, 5.41) is 0. The van der Waals surface area contributed by atoms with Crippen LogP contribution in [0.25, 0.3) is 0 Å². The zero-order valence-electron chi connectivity index (χ0n) is 7.90. The molecule has 76 valence electrons. The lowest BCUT2D eigenvalue weighted by Gasteiger charge is -2.10. The number of hydrazine groups is 1. The molecule has 1 aromatic heterocycles. The number of nitrogens with two attached hydrogens (primary N) is 1. The molecule has 1 unspecified atom stereocenters. The van der Waals surface area contributed by atoms with Gasteiger partial charge in [0.05, 0.1) is 6.04 Å². The van der Waals surface area contributed by atoms with Crippen molar-refractivity contribution in [1.29, 1.82) is 0 Å². The molecule has 4 N–H and O–H groups in total. The molecule has 0 fully saturated rings. The average Bonchev–Trinajstić information content (AvgIpc) is 2.26. The molecular weight excluding hydrogens is 182 g/mol. The number of hydrogen-bond donors (Lipinski definition) is 3. The van der Waals surface area contributed by atoms with Crippen LogP contribution in [0, 0.1) is 0 Å². The van der Waals surface area contributed by atoms with Gasteiger partial charge in [0.15, 0.2) is 0 Å². The Morgan fingerprint density at radius 1 is 1.57 bits per heavy atom. The summed E-state index contributed by atoms with van der Waals surface area (Å²) in [5.74, 6) is 0.0594. The fourth-order valence-electron chi connectivity index (χ4n) is 0.759. The van der Waals surface area contributed by atoms with Gasteiger partial charge in [0.2, 0.25) is 5.95 Å². The maximum absolute atomic E-state index is 11.2. The van der Waals surface area contributed by atoms with Gasteiger partial charge in [-0.15, -0.1) is 0 Å². The quantitative estimate of drug-likeness (QED) is 0.571. The van der Waals surface area contributed by atoms with Crippen LogP contribution in [0.2, 0.25) is 0 Å². The number of aromatic nitrogens is 2. The fraction of sp³-hybridized carbons (Fsp3) is 0.375. The van der Waals surface area contributed by atoms with Crippen molar-refractivity contribution in [2.75, 3.05) is 5.43 Å². The molecule has 14 heavy (non-hydrogen) atoms. The van der Waals surface area contributed by atoms with Gasteiger partial charge in [0.1, 0.15) is 0 Å². The summed E-state index contributed by atoms with van der Waals surface area (Å²) in [7, 11) is 0. The van der Waals surface area contributed by atoms with Crippen molar-refractivity contribution in [2.24, 2.45) is 5.73 Å². The van der Waals surface area contributed by atoms with Crippen LogP contribution >= 0.6 is 0 Å². The van der Waals surface area contributed by atoms with E-state index in [-0.39, 0.29) is 5.91 Å². The molecule has 0 aliphatic carbocycles. The van der Waals surface area contributed by atoms with Crippen LogP contribution in [0.5, 0.6) is 0 Å². The number of amides is 1. The maximum atomic E-state index is 11.2. The monoisotopic (exact) mass is 195 g/mol. The van der Waals surface area contributed by atoms with E-state index in [0.29, 0.717) is 12.4 Å². The number of anilines is 1. The Morgan fingerprint density at radius 2 is 2.21 bits per heavy atom. The number of hydrogen-bond acceptors (Lipinski definition) is 5. The summed E-state index contributed by atoms with van der Waals surface area (Å²) >= 11 is 0. The molecule has 1 amide bonds. The Labute approximate surface area is 81.9 Å². The molecule has 1 aromatic rings. The zero-order valence-corrected chi connectivity index (χ0v) is 7.90. The Bertz CT molecular complexity index is 289. The number of rotatable bonds is 4. The molecule has 6 nitrogen and oxygen atoms in total. The van der Waals surface area contributed by atoms with Gasteiger partial charge in [-0.3, -0.25) is 15.6 Å². The van der Waals surface area contributed by atoms with Gasteiger partial charge < -0.3 is 5.73 Å². The number of carbonyl (C=O) groups is 1. The third-order valence-corrected chi connectivity index (χ3v) is 1.64. The first kappa shape index (κ1) is 10.4. The van der Waals surface area contributed by atoms with Crippen molar-refractivity contribution in [1.82, 2.24) is 15.4 Å². The normalized spacial score (nSPS) is 11.9. The lowest BCUT2D eigenvalue weighted by atomic mass is 10.2. The van der Waals surface area contributed by atoms with E-state index in [1.807, 2.05) is 6.92 Å². The second kappa shape index (κ2) is 5.13. The number of nitrogens with zero attached hydrogens (tertiary/aromatic N) is 2. The van der Waals surface area contributed by atoms with E-state index in [2.05, 4.69) is 20.8 Å². The molecule has 0 bridgehead atoms. The van der Waals surface area contributed by atoms with Gasteiger partial charge in [0, 0.05) is 12.4 Å². The van der Waals surface area contributed by atoms with E-state index < -0.39 is 6.04 Å². The van der Waals surface area contributed by atoms with Crippen LogP contribution in [-0.4, -0.2) is 21.9 Å². The average molecular weight is 195 g/mol. The van der Waals surface area contributed by atoms with Crippen molar-refractivity contribution < 1.29 is 4.79 Å². The number of carbonyl (C=O) groups excluding carboxylic acids is 1. The van der Waals surface area contributed by atoms with Gasteiger partial charge in [0.25, 0.3) is 5.91 Å². The third-order valence-electron chi connectivity index (χ3n) is 1.64. The minimum atomic E-state index is -0.508. The van der Waals surface area contributed by atoms with Gasteiger partial charge in [-0.05, 0) is 12.5 Å². The molecular formula is C8H13N5O. The molecule has 0 radical (unpaired) electrons. The summed E-state index contributed by atoms with van der Waals surface area (Å²) in [5.41, 5.74) is 10.5. The first-order chi connectivity index (χ1) is 6.74. The van der Waals surface area contributed by atoms with E-state index in [0.717, 1.165) is 0 Å². The van der Waals surface area contributed by atoms with Gasteiger partial charge in [-0.2, -0.15) is 0 Å². The maximum Gasteiger partial charge on any atom is 0.255 e. The van der Waals surface area contributed by atoms with E-state index in [1.165, 1.54) is 0 Å². The highest BCUT2D eigenvalue weighted by molar-refractivity contribution is 5.82. The van der Waals surface area contributed by atoms with Crippen molar-refractivity contribution in [2.45, 2.75) is 19.4 Å². The minimum Gasteiger partial charge on any atom is -0.320 e. The Hall–Kier alpha value is -1.69. The molecule has 1 atom stereocenters. The molecule has 1 rings (SSSR count). The molecule has 0 saturated carbocycles. The number of nitrogens with one attached hydrogen (secondary N) is 2. The summed E-state index contributed by atoms with van der Waals surface area (Å²) in [6.45, 7) is 1.84. The first-order valence-electron chi connectivity index (χ1n) is 4.32. The first-order valence-corrected chi connectivity index (χ1v) is 4.32. The summed E-state index contributed by atoms with van der Waals surface area (Å²) in [6.07, 6.45) is 3.73. The molecule has 0 aromatic carbocycles. The topological polar surface area (TPSA) is 92.9 Å². The standard InChI is InChI=1S/C8H13N5O/c1-2-6(9)7(14)12-13-8-10-4-3-5-11-8/h3-6H,2,9H2,1H3,(H,12,14)(H,10,11,13). The third kappa shape index (κ3) is 2.98. The van der Waals surface area contributed by atoms with E-state index >= 15 is 0 Å². The van der Waals surface area contributed by atoms with Crippen molar-refractivity contribution in [3.05, 3.63) is 18.5 Å². The van der Waals surface area contributed by atoms with Crippen LogP contribution < -0.4 is 16.6 Å². The predicted molar refractivity (Wildman–Crippen MR) is 52.1 cm³/mol. The molecule has 1 heterocycles. The summed E-state index contributed by atoms with van der Waals surface area (Å²) < 4.78 is 0. The second-order valence-electron chi connectivity index (χ2n) is 2.70. The zero-order chi connectivity index (χ0) is 10.4.